The Morgan fingerprint density at radius 1 is 1.40 bits per heavy atom. The van der Waals surface area contributed by atoms with E-state index in [1.54, 1.807) is 0 Å². The molecule has 0 aliphatic rings. The summed E-state index contributed by atoms with van der Waals surface area (Å²) >= 11 is 11.0. The zero-order valence-corrected chi connectivity index (χ0v) is 6.36. The molecule has 1 heterocycles. The van der Waals surface area contributed by atoms with Crippen LogP contribution in [0.5, 0.6) is 0 Å². The molecule has 10 heavy (non-hydrogen) atoms. The van der Waals surface area contributed by atoms with E-state index in [0.29, 0.717) is 11.3 Å². The summed E-state index contributed by atoms with van der Waals surface area (Å²) < 4.78 is 0. The van der Waals surface area contributed by atoms with E-state index in [-0.39, 0.29) is 10.8 Å². The molecule has 1 aromatic rings. The molecule has 0 atom stereocenters. The Bertz CT molecular complexity index is 262. The lowest BCUT2D eigenvalue weighted by atomic mass is 10.4. The van der Waals surface area contributed by atoms with Crippen LogP contribution in [-0.4, -0.2) is 11.3 Å². The van der Waals surface area contributed by atoms with Crippen molar-refractivity contribution in [2.45, 2.75) is 0 Å². The van der Waals surface area contributed by atoms with Gasteiger partial charge in [-0.1, -0.05) is 23.2 Å². The second kappa shape index (κ2) is 2.99. The minimum absolute atomic E-state index is 0.175. The van der Waals surface area contributed by atoms with Gasteiger partial charge in [-0.3, -0.25) is 4.79 Å². The largest absolute Gasteiger partial charge is 0.296 e. The fourth-order valence-electron chi connectivity index (χ4n) is 0.516. The van der Waals surface area contributed by atoms with Gasteiger partial charge in [0.2, 0.25) is 0 Å². The van der Waals surface area contributed by atoms with Gasteiger partial charge in [0.15, 0.2) is 6.29 Å². The maximum absolute atomic E-state index is 10.2. The number of nitrogens with zero attached hydrogens (tertiary/aromatic N) is 1. The van der Waals surface area contributed by atoms with Crippen molar-refractivity contribution in [3.05, 3.63) is 28.0 Å². The van der Waals surface area contributed by atoms with Crippen LogP contribution in [0, 0.1) is 0 Å². The third kappa shape index (κ3) is 1.46. The van der Waals surface area contributed by atoms with Gasteiger partial charge in [0.25, 0.3) is 0 Å². The molecule has 0 fully saturated rings. The van der Waals surface area contributed by atoms with Crippen molar-refractivity contribution in [2.75, 3.05) is 0 Å². The van der Waals surface area contributed by atoms with Crippen molar-refractivity contribution in [1.82, 2.24) is 4.98 Å². The Hall–Kier alpha value is -0.600. The zero-order valence-electron chi connectivity index (χ0n) is 4.84. The van der Waals surface area contributed by atoms with E-state index in [2.05, 4.69) is 4.98 Å². The second-order valence-corrected chi connectivity index (χ2v) is 2.41. The van der Waals surface area contributed by atoms with Crippen molar-refractivity contribution < 1.29 is 4.79 Å². The van der Waals surface area contributed by atoms with Crippen LogP contribution in [0.4, 0.5) is 0 Å². The van der Waals surface area contributed by atoms with Crippen molar-refractivity contribution in [2.24, 2.45) is 0 Å². The van der Waals surface area contributed by atoms with Crippen LogP contribution >= 0.6 is 23.2 Å². The molecular formula is C6H3Cl2NO. The summed E-state index contributed by atoms with van der Waals surface area (Å²) in [6, 6.07) is 3.05. The Labute approximate surface area is 67.8 Å². The molecule has 0 amide bonds. The van der Waals surface area contributed by atoms with E-state index in [4.69, 9.17) is 23.2 Å². The molecule has 0 saturated heterocycles. The molecule has 0 N–H and O–H groups in total. The first-order chi connectivity index (χ1) is 4.74. The standard InChI is InChI=1S/C6H3Cl2NO/c7-4-1-2-6(8)9-5(4)3-10/h1-3H. The average molecular weight is 176 g/mol. The monoisotopic (exact) mass is 175 g/mol. The fraction of sp³-hybridized carbons (Fsp3) is 0. The van der Waals surface area contributed by atoms with Crippen molar-refractivity contribution in [3.8, 4) is 0 Å². The average Bonchev–Trinajstić information content (AvgIpc) is 1.94. The molecule has 0 unspecified atom stereocenters. The number of hydrogen-bond acceptors (Lipinski definition) is 2. The van der Waals surface area contributed by atoms with Gasteiger partial charge in [-0.15, -0.1) is 0 Å². The maximum atomic E-state index is 10.2. The highest BCUT2D eigenvalue weighted by Crippen LogP contribution is 2.14. The summed E-state index contributed by atoms with van der Waals surface area (Å²) in [6.07, 6.45) is 0.564. The van der Waals surface area contributed by atoms with Gasteiger partial charge < -0.3 is 0 Å². The predicted octanol–water partition coefficient (Wildman–Crippen LogP) is 2.20. The minimum Gasteiger partial charge on any atom is -0.296 e. The summed E-state index contributed by atoms with van der Waals surface area (Å²) in [5.74, 6) is 0. The summed E-state index contributed by atoms with van der Waals surface area (Å²) in [5, 5.41) is 0.589. The minimum atomic E-state index is 0.175. The first kappa shape index (κ1) is 7.51. The van der Waals surface area contributed by atoms with Crippen LogP contribution in [0.15, 0.2) is 12.1 Å². The quantitative estimate of drug-likeness (QED) is 0.484. The molecule has 0 radical (unpaired) electrons. The highest BCUT2D eigenvalue weighted by Gasteiger charge is 1.99. The molecule has 52 valence electrons. The SMILES string of the molecule is O=Cc1nc(Cl)ccc1Cl. The molecule has 2 nitrogen and oxygen atoms in total. The number of pyridine rings is 1. The van der Waals surface area contributed by atoms with Crippen LogP contribution in [0.2, 0.25) is 10.2 Å². The van der Waals surface area contributed by atoms with Gasteiger partial charge in [0.05, 0.1) is 5.02 Å². The highest BCUT2D eigenvalue weighted by molar-refractivity contribution is 6.33. The van der Waals surface area contributed by atoms with E-state index in [1.165, 1.54) is 12.1 Å². The topological polar surface area (TPSA) is 30.0 Å². The smallest absolute Gasteiger partial charge is 0.170 e. The molecule has 0 aliphatic carbocycles. The number of aromatic nitrogens is 1. The molecule has 0 aliphatic heterocycles. The molecule has 1 rings (SSSR count). The van der Waals surface area contributed by atoms with Crippen LogP contribution in [-0.2, 0) is 0 Å². The lowest BCUT2D eigenvalue weighted by Gasteiger charge is -1.93. The van der Waals surface area contributed by atoms with E-state index >= 15 is 0 Å². The summed E-state index contributed by atoms with van der Waals surface area (Å²) in [5.41, 5.74) is 0.175. The number of rotatable bonds is 1. The van der Waals surface area contributed by atoms with Gasteiger partial charge in [0.1, 0.15) is 10.8 Å². The Kier molecular flexibility index (Phi) is 2.25. The third-order valence-electron chi connectivity index (χ3n) is 0.951. The third-order valence-corrected chi connectivity index (χ3v) is 1.48. The molecule has 1 aromatic heterocycles. The summed E-state index contributed by atoms with van der Waals surface area (Å²) in [7, 11) is 0. The first-order valence-corrected chi connectivity index (χ1v) is 3.27. The molecule has 0 bridgehead atoms. The molecule has 0 saturated carbocycles. The van der Waals surface area contributed by atoms with Crippen molar-refractivity contribution >= 4 is 29.5 Å². The lowest BCUT2D eigenvalue weighted by Crippen LogP contribution is -1.87. The highest BCUT2D eigenvalue weighted by atomic mass is 35.5. The van der Waals surface area contributed by atoms with E-state index in [0.717, 1.165) is 0 Å². The van der Waals surface area contributed by atoms with E-state index in [1.807, 2.05) is 0 Å². The molecule has 4 heteroatoms. The van der Waals surface area contributed by atoms with E-state index in [9.17, 15) is 4.79 Å². The van der Waals surface area contributed by atoms with Crippen LogP contribution in [0.1, 0.15) is 10.5 Å². The predicted molar refractivity (Wildman–Crippen MR) is 39.6 cm³/mol. The fourth-order valence-corrected chi connectivity index (χ4v) is 0.820. The number of halogens is 2. The molecular weight excluding hydrogens is 173 g/mol. The molecule has 0 spiro atoms. The van der Waals surface area contributed by atoms with Gasteiger partial charge in [0, 0.05) is 0 Å². The Balaban J connectivity index is 3.21. The van der Waals surface area contributed by atoms with Gasteiger partial charge in [-0.25, -0.2) is 4.98 Å². The van der Waals surface area contributed by atoms with Crippen molar-refractivity contribution in [3.63, 3.8) is 0 Å². The number of aldehydes is 1. The number of carbonyl (C=O) groups is 1. The summed E-state index contributed by atoms with van der Waals surface area (Å²) in [6.45, 7) is 0. The first-order valence-electron chi connectivity index (χ1n) is 2.51. The Morgan fingerprint density at radius 2 is 2.10 bits per heavy atom. The maximum Gasteiger partial charge on any atom is 0.170 e. The number of carbonyl (C=O) groups excluding carboxylic acids is 1. The van der Waals surface area contributed by atoms with Crippen LogP contribution in [0.3, 0.4) is 0 Å². The van der Waals surface area contributed by atoms with Gasteiger partial charge in [-0.2, -0.15) is 0 Å². The zero-order chi connectivity index (χ0) is 7.56. The van der Waals surface area contributed by atoms with Gasteiger partial charge in [-0.05, 0) is 12.1 Å². The second-order valence-electron chi connectivity index (χ2n) is 1.62. The van der Waals surface area contributed by atoms with Gasteiger partial charge >= 0.3 is 0 Å². The normalized spacial score (nSPS) is 9.40. The molecule has 0 aromatic carbocycles. The van der Waals surface area contributed by atoms with Crippen LogP contribution < -0.4 is 0 Å². The lowest BCUT2D eigenvalue weighted by molar-refractivity contribution is 0.111. The van der Waals surface area contributed by atoms with E-state index < -0.39 is 0 Å². The van der Waals surface area contributed by atoms with Crippen LogP contribution in [0.25, 0.3) is 0 Å². The Morgan fingerprint density at radius 3 is 2.60 bits per heavy atom. The summed E-state index contributed by atoms with van der Waals surface area (Å²) in [4.78, 5) is 13.8. The number of hydrogen-bond donors (Lipinski definition) is 0. The van der Waals surface area contributed by atoms with Crippen molar-refractivity contribution in [1.29, 1.82) is 0 Å².